The lowest BCUT2D eigenvalue weighted by Gasteiger charge is -2.10. The lowest BCUT2D eigenvalue weighted by Crippen LogP contribution is -2.37. The predicted octanol–water partition coefficient (Wildman–Crippen LogP) is 4.86. The minimum atomic E-state index is 0. The van der Waals surface area contributed by atoms with E-state index in [4.69, 9.17) is 9.26 Å². The summed E-state index contributed by atoms with van der Waals surface area (Å²) in [6, 6.07) is 12.3. The Morgan fingerprint density at radius 1 is 1.14 bits per heavy atom. The van der Waals surface area contributed by atoms with E-state index in [1.54, 1.807) is 7.05 Å². The van der Waals surface area contributed by atoms with Gasteiger partial charge in [-0.3, -0.25) is 4.99 Å². The summed E-state index contributed by atoms with van der Waals surface area (Å²) in [6.45, 7) is 7.22. The summed E-state index contributed by atoms with van der Waals surface area (Å²) < 4.78 is 11.1. The number of nitrogens with one attached hydrogen (secondary N) is 2. The van der Waals surface area contributed by atoms with Gasteiger partial charge in [-0.05, 0) is 31.2 Å². The molecule has 2 rings (SSSR count). The van der Waals surface area contributed by atoms with Gasteiger partial charge in [0.15, 0.2) is 11.7 Å². The third-order valence-electron chi connectivity index (χ3n) is 4.75. The molecule has 0 amide bonds. The molecule has 0 aliphatic heterocycles. The zero-order valence-corrected chi connectivity index (χ0v) is 20.1. The van der Waals surface area contributed by atoms with Gasteiger partial charge in [0.2, 0.25) is 0 Å². The van der Waals surface area contributed by atoms with Crippen LogP contribution in [0, 0.1) is 0 Å². The largest absolute Gasteiger partial charge is 0.377 e. The average Bonchev–Trinajstić information content (AvgIpc) is 3.20. The zero-order chi connectivity index (χ0) is 20.0. The molecule has 0 saturated heterocycles. The molecule has 0 unspecified atom stereocenters. The quantitative estimate of drug-likeness (QED) is 0.183. The van der Waals surface area contributed by atoms with E-state index >= 15 is 0 Å². The Balaban J connectivity index is 0.00000420. The zero-order valence-electron chi connectivity index (χ0n) is 17.8. The van der Waals surface area contributed by atoms with Crippen LogP contribution in [0.1, 0.15) is 62.5 Å². The second kappa shape index (κ2) is 15.3. The lowest BCUT2D eigenvalue weighted by atomic mass is 9.99. The molecule has 1 heterocycles. The number of guanidine groups is 1. The maximum Gasteiger partial charge on any atom is 0.191 e. The van der Waals surface area contributed by atoms with Gasteiger partial charge >= 0.3 is 0 Å². The van der Waals surface area contributed by atoms with Gasteiger partial charge in [0.1, 0.15) is 0 Å². The Bertz CT molecular complexity index is 687. The van der Waals surface area contributed by atoms with Gasteiger partial charge in [-0.1, -0.05) is 49.3 Å². The first kappa shape index (κ1) is 25.4. The normalized spacial score (nSPS) is 11.4. The second-order valence-corrected chi connectivity index (χ2v) is 6.83. The summed E-state index contributed by atoms with van der Waals surface area (Å²) >= 11 is 0. The van der Waals surface area contributed by atoms with Crippen molar-refractivity contribution in [1.82, 2.24) is 15.8 Å². The van der Waals surface area contributed by atoms with Crippen LogP contribution in [0.25, 0.3) is 0 Å². The minimum absolute atomic E-state index is 0. The third-order valence-corrected chi connectivity index (χ3v) is 4.75. The molecule has 0 atom stereocenters. The van der Waals surface area contributed by atoms with Crippen molar-refractivity contribution in [2.75, 3.05) is 20.2 Å². The molecule has 0 aliphatic carbocycles. The second-order valence-electron chi connectivity index (χ2n) is 6.83. The molecule has 6 nitrogen and oxygen atoms in total. The molecule has 7 heteroatoms. The van der Waals surface area contributed by atoms with Crippen LogP contribution in [-0.4, -0.2) is 31.3 Å². The molecule has 0 fully saturated rings. The highest BCUT2D eigenvalue weighted by Gasteiger charge is 2.13. The van der Waals surface area contributed by atoms with E-state index < -0.39 is 0 Å². The topological polar surface area (TPSA) is 71.7 Å². The number of nitrogens with zero attached hydrogens (tertiary/aromatic N) is 2. The van der Waals surface area contributed by atoms with E-state index in [0.29, 0.717) is 19.1 Å². The Morgan fingerprint density at radius 3 is 2.59 bits per heavy atom. The Kier molecular flexibility index (Phi) is 13.4. The highest BCUT2D eigenvalue weighted by Crippen LogP contribution is 2.22. The fourth-order valence-corrected chi connectivity index (χ4v) is 3.00. The van der Waals surface area contributed by atoms with E-state index in [2.05, 4.69) is 46.8 Å². The summed E-state index contributed by atoms with van der Waals surface area (Å²) in [5.74, 6) is 2.07. The number of hydrogen-bond donors (Lipinski definition) is 2. The number of ether oxygens (including phenoxy) is 1. The fraction of sp³-hybridized carbons (Fsp3) is 0.545. The number of aromatic nitrogens is 1. The van der Waals surface area contributed by atoms with Crippen LogP contribution >= 0.6 is 24.0 Å². The SMILES string of the molecule is CCC(CC)c1cc(CNC(=NC)NCCCCOCc2ccccc2)on1.I. The smallest absolute Gasteiger partial charge is 0.191 e. The molecule has 0 saturated carbocycles. The standard InChI is InChI=1S/C22H34N4O2.HI/c1-4-19(5-2)21-15-20(28-26-21)16-25-22(23-3)24-13-9-10-14-27-17-18-11-7-6-8-12-18;/h6-8,11-12,15,19H,4-5,9-10,13-14,16-17H2,1-3H3,(H2,23,24,25);1H. The van der Waals surface area contributed by atoms with Crippen molar-refractivity contribution in [2.24, 2.45) is 4.99 Å². The van der Waals surface area contributed by atoms with Crippen LogP contribution < -0.4 is 10.6 Å². The molecule has 29 heavy (non-hydrogen) atoms. The number of unbranched alkanes of at least 4 members (excludes halogenated alkanes) is 1. The van der Waals surface area contributed by atoms with E-state index in [-0.39, 0.29) is 24.0 Å². The van der Waals surface area contributed by atoms with Crippen LogP contribution in [0.4, 0.5) is 0 Å². The van der Waals surface area contributed by atoms with Crippen LogP contribution in [0.5, 0.6) is 0 Å². The lowest BCUT2D eigenvalue weighted by molar-refractivity contribution is 0.117. The van der Waals surface area contributed by atoms with Crippen molar-refractivity contribution in [3.8, 4) is 0 Å². The maximum atomic E-state index is 5.71. The maximum absolute atomic E-state index is 5.71. The van der Waals surface area contributed by atoms with Gasteiger partial charge in [0.25, 0.3) is 0 Å². The van der Waals surface area contributed by atoms with Gasteiger partial charge in [0, 0.05) is 32.2 Å². The Hall–Kier alpha value is -1.61. The monoisotopic (exact) mass is 514 g/mol. The van der Waals surface area contributed by atoms with Gasteiger partial charge in [-0.15, -0.1) is 24.0 Å². The molecule has 1 aromatic carbocycles. The highest BCUT2D eigenvalue weighted by atomic mass is 127. The minimum Gasteiger partial charge on any atom is -0.377 e. The number of aliphatic imine (C=N–C) groups is 1. The number of hydrogen-bond acceptors (Lipinski definition) is 4. The van der Waals surface area contributed by atoms with Crippen molar-refractivity contribution in [1.29, 1.82) is 0 Å². The summed E-state index contributed by atoms with van der Waals surface area (Å²) in [5, 5.41) is 10.8. The third kappa shape index (κ3) is 9.62. The first-order valence-electron chi connectivity index (χ1n) is 10.3. The van der Waals surface area contributed by atoms with E-state index in [0.717, 1.165) is 56.2 Å². The highest BCUT2D eigenvalue weighted by molar-refractivity contribution is 14.0. The van der Waals surface area contributed by atoms with Gasteiger partial charge in [0.05, 0.1) is 18.8 Å². The molecule has 0 spiro atoms. The van der Waals surface area contributed by atoms with Gasteiger partial charge < -0.3 is 19.9 Å². The summed E-state index contributed by atoms with van der Waals surface area (Å²) in [5.41, 5.74) is 2.25. The molecule has 0 bridgehead atoms. The number of halogens is 1. The van der Waals surface area contributed by atoms with E-state index in [1.807, 2.05) is 24.3 Å². The van der Waals surface area contributed by atoms with Gasteiger partial charge in [-0.25, -0.2) is 0 Å². The van der Waals surface area contributed by atoms with Crippen molar-refractivity contribution in [3.63, 3.8) is 0 Å². The molecule has 0 radical (unpaired) electrons. The van der Waals surface area contributed by atoms with Crippen LogP contribution in [-0.2, 0) is 17.9 Å². The van der Waals surface area contributed by atoms with E-state index in [1.165, 1.54) is 5.56 Å². The molecule has 1 aromatic heterocycles. The molecule has 2 N–H and O–H groups in total. The average molecular weight is 514 g/mol. The van der Waals surface area contributed by atoms with Crippen molar-refractivity contribution >= 4 is 29.9 Å². The predicted molar refractivity (Wildman–Crippen MR) is 129 cm³/mol. The van der Waals surface area contributed by atoms with Crippen molar-refractivity contribution < 1.29 is 9.26 Å². The summed E-state index contributed by atoms with van der Waals surface area (Å²) in [6.07, 6.45) is 4.19. The molecule has 162 valence electrons. The van der Waals surface area contributed by atoms with Crippen LogP contribution in [0.2, 0.25) is 0 Å². The Morgan fingerprint density at radius 2 is 1.90 bits per heavy atom. The molecular weight excluding hydrogens is 479 g/mol. The number of benzene rings is 1. The van der Waals surface area contributed by atoms with E-state index in [9.17, 15) is 0 Å². The molecule has 0 aliphatic rings. The molecular formula is C22H35IN4O2. The van der Waals surface area contributed by atoms with Crippen molar-refractivity contribution in [3.05, 3.63) is 53.4 Å². The van der Waals surface area contributed by atoms with Crippen LogP contribution in [0.15, 0.2) is 45.9 Å². The Labute approximate surface area is 191 Å². The van der Waals surface area contributed by atoms with Crippen molar-refractivity contribution in [2.45, 2.75) is 58.6 Å². The number of rotatable bonds is 12. The molecule has 2 aromatic rings. The first-order chi connectivity index (χ1) is 13.8. The summed E-state index contributed by atoms with van der Waals surface area (Å²) in [4.78, 5) is 4.25. The summed E-state index contributed by atoms with van der Waals surface area (Å²) in [7, 11) is 1.77. The van der Waals surface area contributed by atoms with Crippen LogP contribution in [0.3, 0.4) is 0 Å². The first-order valence-corrected chi connectivity index (χ1v) is 10.3. The fourth-order valence-electron chi connectivity index (χ4n) is 3.00. The van der Waals surface area contributed by atoms with Gasteiger partial charge in [-0.2, -0.15) is 0 Å².